The molecule has 4 rings (SSSR count). The van der Waals surface area contributed by atoms with Crippen molar-refractivity contribution in [1.29, 1.82) is 0 Å². The first-order valence-corrected chi connectivity index (χ1v) is 9.60. The van der Waals surface area contributed by atoms with Gasteiger partial charge in [0.1, 0.15) is 21.9 Å². The number of thiazole rings is 1. The molecule has 3 aromatic heterocycles. The summed E-state index contributed by atoms with van der Waals surface area (Å²) >= 11 is 1.53. The number of anilines is 1. The zero-order valence-electron chi connectivity index (χ0n) is 15.9. The lowest BCUT2D eigenvalue weighted by molar-refractivity contribution is 0.680. The number of nitrogen functional groups attached to an aromatic ring is 1. The predicted octanol–water partition coefficient (Wildman–Crippen LogP) is 3.43. The van der Waals surface area contributed by atoms with Gasteiger partial charge in [-0.15, -0.1) is 11.3 Å². The zero-order valence-corrected chi connectivity index (χ0v) is 16.7. The highest BCUT2D eigenvalue weighted by molar-refractivity contribution is 7.22. The van der Waals surface area contributed by atoms with E-state index in [2.05, 4.69) is 16.8 Å². The van der Waals surface area contributed by atoms with Crippen molar-refractivity contribution in [2.45, 2.75) is 19.4 Å². The second-order valence-electron chi connectivity index (χ2n) is 7.13. The van der Waals surface area contributed by atoms with E-state index in [-0.39, 0.29) is 0 Å². The summed E-state index contributed by atoms with van der Waals surface area (Å²) in [6.45, 7) is 3.73. The Morgan fingerprint density at radius 2 is 1.86 bits per heavy atom. The summed E-state index contributed by atoms with van der Waals surface area (Å²) in [5, 5.41) is 0.823. The maximum Gasteiger partial charge on any atom is 0.186 e. The lowest BCUT2D eigenvalue weighted by atomic mass is 10.1. The maximum absolute atomic E-state index is 6.08. The molecule has 0 saturated carbocycles. The fourth-order valence-corrected chi connectivity index (χ4v) is 3.88. The molecule has 0 radical (unpaired) electrons. The minimum absolute atomic E-state index is 0.602. The number of nitrogens with two attached hydrogens (primary N) is 2. The van der Waals surface area contributed by atoms with E-state index in [0.717, 1.165) is 32.2 Å². The number of aromatic nitrogens is 4. The third-order valence-corrected chi connectivity index (χ3v) is 5.29. The van der Waals surface area contributed by atoms with Crippen molar-refractivity contribution < 1.29 is 0 Å². The lowest BCUT2D eigenvalue weighted by Crippen LogP contribution is -2.29. The van der Waals surface area contributed by atoms with Gasteiger partial charge in [0.2, 0.25) is 0 Å². The van der Waals surface area contributed by atoms with Crippen LogP contribution in [0, 0.1) is 11.8 Å². The summed E-state index contributed by atoms with van der Waals surface area (Å²) in [5.41, 5.74) is 15.6. The Morgan fingerprint density at radius 1 is 1.11 bits per heavy atom. The normalized spacial score (nSPS) is 11.4. The molecule has 0 fully saturated rings. The molecule has 4 aromatic rings. The van der Waals surface area contributed by atoms with Crippen molar-refractivity contribution in [2.24, 2.45) is 12.8 Å². The van der Waals surface area contributed by atoms with E-state index < -0.39 is 5.54 Å². The Kier molecular flexibility index (Phi) is 4.38. The van der Waals surface area contributed by atoms with Crippen LogP contribution in [0.25, 0.3) is 32.2 Å². The fraction of sp³-hybridized carbons (Fsp3) is 0.190. The molecule has 0 aliphatic rings. The molecule has 0 bridgehead atoms. The Hall–Kier alpha value is -3.21. The van der Waals surface area contributed by atoms with Crippen molar-refractivity contribution in [2.75, 3.05) is 5.73 Å². The number of benzene rings is 1. The molecule has 3 heterocycles. The van der Waals surface area contributed by atoms with Gasteiger partial charge in [-0.3, -0.25) is 4.98 Å². The average molecular weight is 389 g/mol. The number of hydrogen-bond acceptors (Lipinski definition) is 6. The van der Waals surface area contributed by atoms with E-state index in [1.54, 1.807) is 12.4 Å². The van der Waals surface area contributed by atoms with Gasteiger partial charge in [0.15, 0.2) is 5.82 Å². The molecule has 4 N–H and O–H groups in total. The average Bonchev–Trinajstić information content (AvgIpc) is 3.22. The van der Waals surface area contributed by atoms with E-state index in [0.29, 0.717) is 11.5 Å². The van der Waals surface area contributed by atoms with Crippen LogP contribution < -0.4 is 11.5 Å². The summed E-state index contributed by atoms with van der Waals surface area (Å²) in [6.07, 6.45) is 3.37. The summed E-state index contributed by atoms with van der Waals surface area (Å²) in [7, 11) is 1.94. The first-order valence-electron chi connectivity index (χ1n) is 8.78. The molecule has 0 unspecified atom stereocenters. The summed E-state index contributed by atoms with van der Waals surface area (Å²) in [6, 6.07) is 10.0. The highest BCUT2D eigenvalue weighted by Gasteiger charge is 2.21. The van der Waals surface area contributed by atoms with Gasteiger partial charge in [-0.1, -0.05) is 36.3 Å². The van der Waals surface area contributed by atoms with Gasteiger partial charge >= 0.3 is 0 Å². The van der Waals surface area contributed by atoms with E-state index >= 15 is 0 Å². The van der Waals surface area contributed by atoms with E-state index in [9.17, 15) is 0 Å². The van der Waals surface area contributed by atoms with Crippen molar-refractivity contribution in [3.05, 3.63) is 48.5 Å². The highest BCUT2D eigenvalue weighted by Crippen LogP contribution is 2.38. The molecule has 6 nitrogen and oxygen atoms in total. The molecule has 0 aliphatic heterocycles. The van der Waals surface area contributed by atoms with Gasteiger partial charge in [0, 0.05) is 12.6 Å². The lowest BCUT2D eigenvalue weighted by Gasteiger charge is -2.07. The third kappa shape index (κ3) is 3.36. The van der Waals surface area contributed by atoms with Gasteiger partial charge in [0.05, 0.1) is 28.3 Å². The van der Waals surface area contributed by atoms with Gasteiger partial charge < -0.3 is 16.0 Å². The van der Waals surface area contributed by atoms with Gasteiger partial charge in [-0.2, -0.15) is 0 Å². The van der Waals surface area contributed by atoms with Crippen LogP contribution in [0.1, 0.15) is 19.7 Å². The minimum Gasteiger partial charge on any atom is -0.396 e. The molecule has 0 aliphatic carbocycles. The van der Waals surface area contributed by atoms with Gasteiger partial charge in [0.25, 0.3) is 0 Å². The van der Waals surface area contributed by atoms with E-state index in [1.807, 2.05) is 55.8 Å². The number of pyridine rings is 1. The molecule has 0 spiro atoms. The minimum atomic E-state index is -0.602. The molecule has 0 atom stereocenters. The van der Waals surface area contributed by atoms with Crippen LogP contribution in [-0.2, 0) is 7.05 Å². The van der Waals surface area contributed by atoms with E-state index in [1.165, 1.54) is 11.3 Å². The van der Waals surface area contributed by atoms with Crippen LogP contribution in [0.5, 0.6) is 0 Å². The third-order valence-electron chi connectivity index (χ3n) is 4.17. The molecule has 7 heteroatoms. The molecular weight excluding hydrogens is 368 g/mol. The zero-order chi connectivity index (χ0) is 19.9. The Bertz CT molecular complexity index is 1220. The number of imidazole rings is 1. The Balaban J connectivity index is 1.97. The van der Waals surface area contributed by atoms with Crippen LogP contribution in [0.2, 0.25) is 0 Å². The smallest absolute Gasteiger partial charge is 0.186 e. The van der Waals surface area contributed by atoms with Gasteiger partial charge in [-0.05, 0) is 19.8 Å². The largest absolute Gasteiger partial charge is 0.396 e. The maximum atomic E-state index is 6.08. The molecule has 0 amide bonds. The molecule has 28 heavy (non-hydrogen) atoms. The van der Waals surface area contributed by atoms with Crippen LogP contribution in [-0.4, -0.2) is 25.1 Å². The van der Waals surface area contributed by atoms with Crippen LogP contribution in [0.15, 0.2) is 42.7 Å². The quantitative estimate of drug-likeness (QED) is 0.513. The standard InChI is InChI=1S/C21H20N6S/c1-21(2,23)10-9-16-26-17(13-7-5-4-6-8-13)18(27(16)3)20-25-15-12-24-11-14(22)19(15)28-20/h4-8,11-12H,22-23H2,1-3H3. The first kappa shape index (κ1) is 18.2. The fourth-order valence-electron chi connectivity index (χ4n) is 2.84. The van der Waals surface area contributed by atoms with Gasteiger partial charge in [-0.25, -0.2) is 9.97 Å². The summed E-state index contributed by atoms with van der Waals surface area (Å²) < 4.78 is 2.88. The van der Waals surface area contributed by atoms with Crippen LogP contribution in [0.4, 0.5) is 5.69 Å². The van der Waals surface area contributed by atoms with E-state index in [4.69, 9.17) is 21.4 Å². The second kappa shape index (κ2) is 6.75. The van der Waals surface area contributed by atoms with Crippen LogP contribution >= 0.6 is 11.3 Å². The van der Waals surface area contributed by atoms with Crippen molar-refractivity contribution >= 4 is 27.2 Å². The number of rotatable bonds is 2. The topological polar surface area (TPSA) is 95.6 Å². The number of hydrogen-bond donors (Lipinski definition) is 2. The molecular formula is C21H20N6S. The highest BCUT2D eigenvalue weighted by atomic mass is 32.1. The molecule has 1 aromatic carbocycles. The van der Waals surface area contributed by atoms with Crippen molar-refractivity contribution in [3.8, 4) is 33.8 Å². The predicted molar refractivity (Wildman–Crippen MR) is 115 cm³/mol. The van der Waals surface area contributed by atoms with Crippen molar-refractivity contribution in [3.63, 3.8) is 0 Å². The van der Waals surface area contributed by atoms with Crippen molar-refractivity contribution in [1.82, 2.24) is 19.5 Å². The number of nitrogens with zero attached hydrogens (tertiary/aromatic N) is 4. The molecule has 0 saturated heterocycles. The number of fused-ring (bicyclic) bond motifs is 1. The molecule has 140 valence electrons. The Labute approximate surface area is 167 Å². The summed E-state index contributed by atoms with van der Waals surface area (Å²) in [5.74, 6) is 6.81. The summed E-state index contributed by atoms with van der Waals surface area (Å²) in [4.78, 5) is 13.7. The first-order chi connectivity index (χ1) is 13.3. The van der Waals surface area contributed by atoms with Crippen LogP contribution in [0.3, 0.4) is 0 Å². The SMILES string of the molecule is Cn1c(C#CC(C)(C)N)nc(-c2ccccc2)c1-c1nc2cncc(N)c2s1. The monoisotopic (exact) mass is 388 g/mol. The Morgan fingerprint density at radius 3 is 2.54 bits per heavy atom. The second-order valence-corrected chi connectivity index (χ2v) is 8.12.